The van der Waals surface area contributed by atoms with Gasteiger partial charge < -0.3 is 10.1 Å². The normalized spacial score (nSPS) is 13.3. The number of hydrogen-bond donors (Lipinski definition) is 1. The molecule has 0 saturated carbocycles. The zero-order chi connectivity index (χ0) is 10.6. The fourth-order valence-electron chi connectivity index (χ4n) is 0.579. The topological polar surface area (TPSA) is 55.4 Å². The minimum absolute atomic E-state index is 0.163. The monoisotopic (exact) mass is 187 g/mol. The fraction of sp³-hybridized carbons (Fsp3) is 0.778. The predicted molar refractivity (Wildman–Crippen MR) is 49.5 cm³/mol. The van der Waals surface area contributed by atoms with Crippen molar-refractivity contribution >= 4 is 11.9 Å². The van der Waals surface area contributed by atoms with E-state index in [9.17, 15) is 9.59 Å². The van der Waals surface area contributed by atoms with Crippen molar-refractivity contribution in [3.8, 4) is 0 Å². The van der Waals surface area contributed by atoms with Crippen LogP contribution in [0, 0.1) is 0 Å². The first-order chi connectivity index (χ1) is 5.72. The number of Topliss-reactive ketones (excluding diaryl/α,β-unsaturated/α-hetero) is 1. The van der Waals surface area contributed by atoms with Gasteiger partial charge in [-0.1, -0.05) is 0 Å². The van der Waals surface area contributed by atoms with Crippen molar-refractivity contribution in [3.05, 3.63) is 0 Å². The summed E-state index contributed by atoms with van der Waals surface area (Å²) >= 11 is 0. The lowest BCUT2D eigenvalue weighted by Gasteiger charge is -2.21. The van der Waals surface area contributed by atoms with E-state index in [1.165, 1.54) is 6.92 Å². The number of amides is 1. The Kier molecular flexibility index (Phi) is 3.91. The van der Waals surface area contributed by atoms with Crippen LogP contribution in [0.15, 0.2) is 0 Å². The maximum Gasteiger partial charge on any atom is 0.408 e. The molecule has 0 bridgehead atoms. The minimum atomic E-state index is -0.678. The second-order valence-electron chi connectivity index (χ2n) is 4.03. The summed E-state index contributed by atoms with van der Waals surface area (Å²) in [5.41, 5.74) is -0.340. The predicted octanol–water partition coefficient (Wildman–Crippen LogP) is 1.49. The highest BCUT2D eigenvalue weighted by Crippen LogP contribution is 2.01. The molecule has 1 atom stereocenters. The first kappa shape index (κ1) is 11.9. The molecule has 0 radical (unpaired) electrons. The third kappa shape index (κ3) is 6.13. The van der Waals surface area contributed by atoms with E-state index in [1.54, 1.807) is 6.92 Å². The molecule has 0 aromatic rings. The van der Waals surface area contributed by atoms with Crippen molar-refractivity contribution in [2.45, 2.75) is 46.3 Å². The van der Waals surface area contributed by atoms with E-state index in [2.05, 4.69) is 5.32 Å². The Morgan fingerprint density at radius 2 is 1.77 bits per heavy atom. The zero-order valence-corrected chi connectivity index (χ0v) is 8.80. The van der Waals surface area contributed by atoms with Gasteiger partial charge in [0, 0.05) is 5.54 Å². The van der Waals surface area contributed by atoms with Gasteiger partial charge in [-0.15, -0.1) is 0 Å². The van der Waals surface area contributed by atoms with Gasteiger partial charge in [-0.25, -0.2) is 4.79 Å². The van der Waals surface area contributed by atoms with Crippen LogP contribution in [0.3, 0.4) is 0 Å². The maximum absolute atomic E-state index is 11.1. The van der Waals surface area contributed by atoms with Gasteiger partial charge in [-0.05, 0) is 34.6 Å². The first-order valence-corrected chi connectivity index (χ1v) is 4.21. The van der Waals surface area contributed by atoms with Crippen LogP contribution in [0.4, 0.5) is 4.79 Å². The standard InChI is InChI=1S/C9H17NO3/c1-6(11)7(2)13-8(12)10-9(3,4)5/h7H,1-5H3,(H,10,12). The van der Waals surface area contributed by atoms with Crippen molar-refractivity contribution < 1.29 is 14.3 Å². The van der Waals surface area contributed by atoms with E-state index in [1.807, 2.05) is 20.8 Å². The van der Waals surface area contributed by atoms with Crippen molar-refractivity contribution in [3.63, 3.8) is 0 Å². The van der Waals surface area contributed by atoms with Crippen molar-refractivity contribution in [1.29, 1.82) is 0 Å². The summed E-state index contributed by atoms with van der Waals surface area (Å²) in [6.07, 6.45) is -1.24. The van der Waals surface area contributed by atoms with Crippen molar-refractivity contribution in [2.75, 3.05) is 0 Å². The van der Waals surface area contributed by atoms with Crippen LogP contribution in [0.2, 0.25) is 0 Å². The lowest BCUT2D eigenvalue weighted by molar-refractivity contribution is -0.124. The van der Waals surface area contributed by atoms with E-state index < -0.39 is 12.2 Å². The molecule has 13 heavy (non-hydrogen) atoms. The Morgan fingerprint density at radius 3 is 2.08 bits per heavy atom. The van der Waals surface area contributed by atoms with Gasteiger partial charge in [-0.3, -0.25) is 4.79 Å². The fourth-order valence-corrected chi connectivity index (χ4v) is 0.579. The van der Waals surface area contributed by atoms with E-state index in [4.69, 9.17) is 4.74 Å². The van der Waals surface area contributed by atoms with Crippen LogP contribution in [-0.4, -0.2) is 23.5 Å². The molecule has 0 heterocycles. The molecule has 0 aromatic carbocycles. The van der Waals surface area contributed by atoms with Gasteiger partial charge in [0.15, 0.2) is 11.9 Å². The molecule has 0 aliphatic carbocycles. The summed E-state index contributed by atoms with van der Waals surface area (Å²) in [6.45, 7) is 8.45. The summed E-state index contributed by atoms with van der Waals surface area (Å²) in [4.78, 5) is 21.8. The van der Waals surface area contributed by atoms with Crippen LogP contribution < -0.4 is 5.32 Å². The number of rotatable bonds is 2. The molecule has 4 nitrogen and oxygen atoms in total. The summed E-state index contributed by atoms with van der Waals surface area (Å²) < 4.78 is 4.79. The molecular weight excluding hydrogens is 170 g/mol. The SMILES string of the molecule is CC(=O)C(C)OC(=O)NC(C)(C)C. The molecule has 0 fully saturated rings. The lowest BCUT2D eigenvalue weighted by Crippen LogP contribution is -2.42. The first-order valence-electron chi connectivity index (χ1n) is 4.21. The second kappa shape index (κ2) is 4.25. The molecule has 1 unspecified atom stereocenters. The molecule has 4 heteroatoms. The highest BCUT2D eigenvalue weighted by atomic mass is 16.6. The third-order valence-corrected chi connectivity index (χ3v) is 1.33. The number of ketones is 1. The van der Waals surface area contributed by atoms with E-state index in [-0.39, 0.29) is 11.3 Å². The summed E-state index contributed by atoms with van der Waals surface area (Å²) in [5, 5.41) is 2.59. The Balaban J connectivity index is 3.96. The lowest BCUT2D eigenvalue weighted by atomic mass is 10.1. The quantitative estimate of drug-likeness (QED) is 0.712. The molecule has 1 N–H and O–H groups in total. The Bertz CT molecular complexity index is 205. The summed E-state index contributed by atoms with van der Waals surface area (Å²) in [7, 11) is 0. The number of carbonyl (C=O) groups is 2. The van der Waals surface area contributed by atoms with Gasteiger partial charge in [-0.2, -0.15) is 0 Å². The van der Waals surface area contributed by atoms with Gasteiger partial charge in [0.05, 0.1) is 0 Å². The van der Waals surface area contributed by atoms with E-state index in [0.717, 1.165) is 0 Å². The molecular formula is C9H17NO3. The smallest absolute Gasteiger partial charge is 0.408 e. The van der Waals surface area contributed by atoms with Crippen LogP contribution in [0.5, 0.6) is 0 Å². The average molecular weight is 187 g/mol. The van der Waals surface area contributed by atoms with Crippen LogP contribution in [-0.2, 0) is 9.53 Å². The maximum atomic E-state index is 11.1. The van der Waals surface area contributed by atoms with Crippen LogP contribution in [0.25, 0.3) is 0 Å². The molecule has 76 valence electrons. The number of carbonyl (C=O) groups excluding carboxylic acids is 2. The van der Waals surface area contributed by atoms with Gasteiger partial charge in [0.2, 0.25) is 0 Å². The molecule has 0 aromatic heterocycles. The van der Waals surface area contributed by atoms with Gasteiger partial charge in [0.1, 0.15) is 0 Å². The second-order valence-corrected chi connectivity index (χ2v) is 4.03. The van der Waals surface area contributed by atoms with Gasteiger partial charge in [0.25, 0.3) is 0 Å². The highest BCUT2D eigenvalue weighted by molar-refractivity contribution is 5.82. The molecule has 0 aliphatic heterocycles. The highest BCUT2D eigenvalue weighted by Gasteiger charge is 2.18. The third-order valence-electron chi connectivity index (χ3n) is 1.33. The average Bonchev–Trinajstić information content (AvgIpc) is 1.81. The number of nitrogens with one attached hydrogen (secondary N) is 1. The molecule has 0 rings (SSSR count). The number of alkyl carbamates (subject to hydrolysis) is 1. The van der Waals surface area contributed by atoms with Crippen molar-refractivity contribution in [1.82, 2.24) is 5.32 Å². The zero-order valence-electron chi connectivity index (χ0n) is 8.80. The van der Waals surface area contributed by atoms with E-state index in [0.29, 0.717) is 0 Å². The number of ether oxygens (including phenoxy) is 1. The number of hydrogen-bond acceptors (Lipinski definition) is 3. The Hall–Kier alpha value is -1.06. The van der Waals surface area contributed by atoms with Crippen LogP contribution >= 0.6 is 0 Å². The molecule has 0 spiro atoms. The minimum Gasteiger partial charge on any atom is -0.439 e. The Labute approximate surface area is 78.6 Å². The molecule has 1 amide bonds. The summed E-state index contributed by atoms with van der Waals surface area (Å²) in [5.74, 6) is -0.163. The molecule has 0 saturated heterocycles. The van der Waals surface area contributed by atoms with Crippen molar-refractivity contribution in [2.24, 2.45) is 0 Å². The largest absolute Gasteiger partial charge is 0.439 e. The Morgan fingerprint density at radius 1 is 1.31 bits per heavy atom. The van der Waals surface area contributed by atoms with Gasteiger partial charge >= 0.3 is 6.09 Å². The molecule has 0 aliphatic rings. The van der Waals surface area contributed by atoms with E-state index >= 15 is 0 Å². The van der Waals surface area contributed by atoms with Crippen LogP contribution in [0.1, 0.15) is 34.6 Å². The summed E-state index contributed by atoms with van der Waals surface area (Å²) in [6, 6.07) is 0.